The number of quaternary nitrogens is 1. The van der Waals surface area contributed by atoms with Crippen molar-refractivity contribution in [2.45, 2.75) is 121 Å². The van der Waals surface area contributed by atoms with E-state index in [4.69, 9.17) is 8.37 Å². The monoisotopic (exact) mass is 1400 g/mol. The molecule has 10 unspecified atom stereocenters. The number of nitrogens with one attached hydrogen (secondary N) is 1. The number of fused-ring (bicyclic) bond motifs is 2. The van der Waals surface area contributed by atoms with Crippen molar-refractivity contribution in [3.63, 3.8) is 0 Å². The number of rotatable bonds is 15. The van der Waals surface area contributed by atoms with Crippen LogP contribution in [0.2, 0.25) is 0 Å². The lowest BCUT2D eigenvalue weighted by Crippen LogP contribution is -3.11. The van der Waals surface area contributed by atoms with E-state index in [1.165, 1.54) is 49.0 Å². The average molecular weight is 1400 g/mol. The number of benzene rings is 6. The van der Waals surface area contributed by atoms with Gasteiger partial charge in [-0.3, -0.25) is 8.37 Å². The molecule has 4 saturated carbocycles. The van der Waals surface area contributed by atoms with Gasteiger partial charge >= 0.3 is 22.4 Å². The van der Waals surface area contributed by atoms with Crippen LogP contribution in [0.25, 0.3) is 0 Å². The minimum Gasteiger partial charge on any atom is -1.00 e. The number of halogens is 5. The summed E-state index contributed by atoms with van der Waals surface area (Å²) in [7, 11) is -20.1. The number of ether oxygens (including phenoxy) is 2. The zero-order valence-electron chi connectivity index (χ0n) is 47.4. The number of hydrogen-bond acceptors (Lipinski definition) is 16. The molecule has 6 aliphatic rings. The van der Waals surface area contributed by atoms with E-state index in [1.807, 2.05) is 0 Å². The molecule has 17 nitrogen and oxygen atoms in total. The van der Waals surface area contributed by atoms with Crippen LogP contribution in [0.15, 0.2) is 211 Å². The highest BCUT2D eigenvalue weighted by Gasteiger charge is 2.68. The first kappa shape index (κ1) is 70.2. The van der Waals surface area contributed by atoms with Gasteiger partial charge in [0, 0.05) is 23.7 Å². The van der Waals surface area contributed by atoms with Crippen LogP contribution in [0.5, 0.6) is 0 Å². The van der Waals surface area contributed by atoms with Crippen LogP contribution >= 0.6 is 0 Å². The molecule has 2 saturated heterocycles. The predicted octanol–water partition coefficient (Wildman–Crippen LogP) is 4.85. The molecule has 28 heteroatoms. The van der Waals surface area contributed by atoms with Crippen molar-refractivity contribution in [1.29, 1.82) is 0 Å². The van der Waals surface area contributed by atoms with Gasteiger partial charge in [-0.25, -0.2) is 26.4 Å². The highest BCUT2D eigenvalue weighted by Crippen LogP contribution is 2.57. The number of alkyl halides is 4. The zero-order chi connectivity index (χ0) is 63.1. The molecule has 6 aromatic carbocycles. The van der Waals surface area contributed by atoms with Gasteiger partial charge in [0.05, 0.1) is 51.9 Å². The molecule has 0 amide bonds. The maximum absolute atomic E-state index is 13.1. The molecule has 4 aliphatic carbocycles. The summed E-state index contributed by atoms with van der Waals surface area (Å²) in [6, 6.07) is 64.3. The molecular formula is C60H64BrF4NO16S6. The molecule has 476 valence electrons. The summed E-state index contributed by atoms with van der Waals surface area (Å²) in [4.78, 5) is 32.3. The summed E-state index contributed by atoms with van der Waals surface area (Å²) in [5.74, 6) is -6.93. The molecule has 12 rings (SSSR count). The molecule has 0 radical (unpaired) electrons. The van der Waals surface area contributed by atoms with Crippen LogP contribution in [-0.2, 0) is 89.7 Å². The topological polar surface area (TPSA) is 258 Å². The Morgan fingerprint density at radius 1 is 0.477 bits per heavy atom. The van der Waals surface area contributed by atoms with E-state index in [-0.39, 0.29) is 51.6 Å². The van der Waals surface area contributed by atoms with Gasteiger partial charge in [-0.05, 0) is 119 Å². The van der Waals surface area contributed by atoms with Gasteiger partial charge in [-0.15, -0.1) is 0 Å². The van der Waals surface area contributed by atoms with Crippen molar-refractivity contribution in [3.05, 3.63) is 182 Å². The second-order valence-corrected chi connectivity index (χ2v) is 31.4. The van der Waals surface area contributed by atoms with Crippen LogP contribution in [-0.4, -0.2) is 120 Å². The fourth-order valence-corrected chi connectivity index (χ4v) is 20.1. The van der Waals surface area contributed by atoms with Crippen molar-refractivity contribution < 1.29 is 110 Å². The smallest absolute Gasteiger partial charge is 0.428 e. The Morgan fingerprint density at radius 3 is 0.898 bits per heavy atom. The zero-order valence-corrected chi connectivity index (χ0v) is 53.9. The standard InChI is InChI=1S/2C18H15S.2C9H10F2O8S2.C6H15N.BrH/c2*1-4-10-16(11-5-1)19(17-12-6-2-7-13-17)18-14-8-3-9-15-18;2*10-9(11,21(15,16)17)8(12)18-6-3-1-4-5(2-3)20(13,14)19-7(4)6;1-4-7(5-2)6-3;/h2*1-15H;2*3-7H,1-2H2,(H,15,16,17);4-6H2,1-3H3;1H/q2*+1;;;;/p-2. The first-order valence-corrected chi connectivity index (χ1v) is 35.9. The largest absolute Gasteiger partial charge is 1.00 e. The summed E-state index contributed by atoms with van der Waals surface area (Å²) in [6.45, 7) is 10.5. The predicted molar refractivity (Wildman–Crippen MR) is 312 cm³/mol. The summed E-state index contributed by atoms with van der Waals surface area (Å²) >= 11 is 0. The van der Waals surface area contributed by atoms with Gasteiger partial charge in [-0.1, -0.05) is 109 Å². The van der Waals surface area contributed by atoms with Crippen molar-refractivity contribution in [3.8, 4) is 0 Å². The van der Waals surface area contributed by atoms with Crippen molar-refractivity contribution in [2.24, 2.45) is 23.7 Å². The van der Waals surface area contributed by atoms with E-state index >= 15 is 0 Å². The lowest BCUT2D eigenvalue weighted by atomic mass is 9.94. The molecule has 10 atom stereocenters. The fourth-order valence-electron chi connectivity index (χ4n) is 11.6. The highest BCUT2D eigenvalue weighted by atomic mass is 79.9. The van der Waals surface area contributed by atoms with Gasteiger partial charge in [0.1, 0.15) is 24.4 Å². The third-order valence-electron chi connectivity index (χ3n) is 15.8. The quantitative estimate of drug-likeness (QED) is 0.0474. The molecular weight excluding hydrogens is 1340 g/mol. The van der Waals surface area contributed by atoms with E-state index in [1.54, 1.807) is 4.90 Å². The Kier molecular flexibility index (Phi) is 23.4. The number of carbonyl (C=O) groups is 2. The normalized spacial score (nSPS) is 24.7. The van der Waals surface area contributed by atoms with Crippen LogP contribution in [0.4, 0.5) is 17.6 Å². The first-order chi connectivity index (χ1) is 41.1. The Bertz CT molecular complexity index is 3310. The Labute approximate surface area is 526 Å². The first-order valence-electron chi connectivity index (χ1n) is 27.7. The number of esters is 2. The Morgan fingerprint density at radius 2 is 0.705 bits per heavy atom. The van der Waals surface area contributed by atoms with Gasteiger partial charge in [0.25, 0.3) is 20.2 Å². The van der Waals surface area contributed by atoms with Crippen molar-refractivity contribution in [2.75, 3.05) is 19.6 Å². The lowest BCUT2D eigenvalue weighted by molar-refractivity contribution is -0.894. The minimum absolute atomic E-state index is 0. The molecule has 6 fully saturated rings. The number of hydrogen-bond donors (Lipinski definition) is 1. The fraction of sp³-hybridized carbons (Fsp3) is 0.367. The molecule has 6 aromatic rings. The summed E-state index contributed by atoms with van der Waals surface area (Å²) in [5, 5.41) is -11.9. The molecule has 88 heavy (non-hydrogen) atoms. The second-order valence-electron chi connectivity index (χ2n) is 21.0. The van der Waals surface area contributed by atoms with Crippen molar-refractivity contribution >= 4 is 74.2 Å². The number of carbonyl (C=O) groups excluding carboxylic acids is 2. The van der Waals surface area contributed by atoms with Gasteiger partial charge in [0.2, 0.25) is 0 Å². The van der Waals surface area contributed by atoms with E-state index in [2.05, 4.69) is 212 Å². The van der Waals surface area contributed by atoms with E-state index < -0.39 is 122 Å². The van der Waals surface area contributed by atoms with E-state index in [0.717, 1.165) is 0 Å². The molecule has 0 aromatic heterocycles. The summed E-state index contributed by atoms with van der Waals surface area (Å²) in [6.07, 6.45) is -3.92. The molecule has 4 bridgehead atoms. The van der Waals surface area contributed by atoms with Crippen LogP contribution in [0.1, 0.15) is 46.5 Å². The highest BCUT2D eigenvalue weighted by molar-refractivity contribution is 7.97. The SMILES string of the molecule is CC[NH+](CC)CC.O=C(OC1C2CC3C1OS(=O)(=O)C3C2)C(F)(F)S(=O)(=O)[O-].O=C(OC1C2CC3C1OS(=O)(=O)C3C2)C(F)(F)S(=O)(=O)[O-].[Br-].c1ccc([S+](c2ccccc2)c2ccccc2)cc1.c1ccc([S+](c2ccccc2)c2ccccc2)cc1. The van der Waals surface area contributed by atoms with Gasteiger partial charge in [-0.2, -0.15) is 34.4 Å². The average Bonchev–Trinajstić information content (AvgIpc) is 1.69. The van der Waals surface area contributed by atoms with Gasteiger partial charge < -0.3 is 40.5 Å². The Hall–Kier alpha value is -5.24. The van der Waals surface area contributed by atoms with Crippen LogP contribution in [0.3, 0.4) is 0 Å². The summed E-state index contributed by atoms with van der Waals surface area (Å²) in [5.41, 5.74) is 0. The molecule has 2 aliphatic heterocycles. The lowest BCUT2D eigenvalue weighted by Gasteiger charge is -2.27. The second kappa shape index (κ2) is 29.4. The third-order valence-corrected chi connectivity index (χ3v) is 25.4. The van der Waals surface area contributed by atoms with E-state index in [0.29, 0.717) is 12.8 Å². The minimum atomic E-state index is -6.21. The third kappa shape index (κ3) is 15.7. The summed E-state index contributed by atoms with van der Waals surface area (Å²) < 4.78 is 179. The molecule has 0 spiro atoms. The van der Waals surface area contributed by atoms with Gasteiger partial charge in [0.15, 0.2) is 49.6 Å². The maximum atomic E-state index is 13.1. The van der Waals surface area contributed by atoms with E-state index in [9.17, 15) is 69.9 Å². The van der Waals surface area contributed by atoms with Crippen LogP contribution < -0.4 is 21.9 Å². The molecule has 1 N–H and O–H groups in total. The van der Waals surface area contributed by atoms with Crippen molar-refractivity contribution in [1.82, 2.24) is 0 Å². The Balaban J connectivity index is 0.000000161. The maximum Gasteiger partial charge on any atom is 0.428 e. The van der Waals surface area contributed by atoms with Crippen LogP contribution in [0, 0.1) is 23.7 Å². The molecule has 2 heterocycles.